The van der Waals surface area contributed by atoms with Crippen LogP contribution >= 0.6 is 12.8 Å². The topological polar surface area (TPSA) is 49.3 Å². The maximum absolute atomic E-state index is 10.2. The second-order valence-electron chi connectivity index (χ2n) is 1.54. The van der Waals surface area contributed by atoms with Crippen LogP contribution in [0, 0.1) is 0 Å². The molecule has 0 saturated carbocycles. The minimum absolute atomic E-state index is 0.388. The van der Waals surface area contributed by atoms with Gasteiger partial charge in [-0.25, -0.2) is 0 Å². The Morgan fingerprint density at radius 2 is 2.56 bits per heavy atom. The van der Waals surface area contributed by atoms with Gasteiger partial charge in [0, 0.05) is 0 Å². The molecule has 3 nitrogen and oxygen atoms in total. The van der Waals surface area contributed by atoms with Gasteiger partial charge in [0.05, 0.1) is 0 Å². The fourth-order valence-electron chi connectivity index (χ4n) is 0.375. The Bertz CT molecular complexity index is 116. The number of hydrogen-bond donors (Lipinski definition) is 3. The molecular weight excluding hydrogens is 138 g/mol. The first-order valence-corrected chi connectivity index (χ1v) is 2.90. The van der Waals surface area contributed by atoms with Gasteiger partial charge >= 0.3 is 5.97 Å². The monoisotopic (exact) mass is 147 g/mol. The lowest BCUT2D eigenvalue weighted by atomic mass is 10.2. The van der Waals surface area contributed by atoms with Gasteiger partial charge in [-0.15, -0.1) is 6.58 Å². The van der Waals surface area contributed by atoms with Crippen molar-refractivity contribution < 1.29 is 9.90 Å². The molecule has 0 aliphatic heterocycles. The van der Waals surface area contributed by atoms with Gasteiger partial charge in [0.2, 0.25) is 0 Å². The highest BCUT2D eigenvalue weighted by Crippen LogP contribution is 1.92. The second-order valence-corrected chi connectivity index (χ2v) is 1.80. The predicted molar refractivity (Wildman–Crippen MR) is 38.4 cm³/mol. The van der Waals surface area contributed by atoms with E-state index < -0.39 is 12.0 Å². The summed E-state index contributed by atoms with van der Waals surface area (Å²) in [7, 11) is 0. The lowest BCUT2D eigenvalue weighted by Crippen LogP contribution is -2.29. The highest BCUT2D eigenvalue weighted by atomic mass is 32.1. The zero-order chi connectivity index (χ0) is 7.28. The van der Waals surface area contributed by atoms with Crippen LogP contribution in [0.3, 0.4) is 0 Å². The van der Waals surface area contributed by atoms with E-state index in [1.54, 1.807) is 0 Å². The molecule has 0 aromatic carbocycles. The van der Waals surface area contributed by atoms with Gasteiger partial charge < -0.3 is 5.11 Å². The van der Waals surface area contributed by atoms with Gasteiger partial charge in [0.15, 0.2) is 0 Å². The molecule has 0 amide bonds. The van der Waals surface area contributed by atoms with Crippen molar-refractivity contribution in [2.75, 3.05) is 0 Å². The molecule has 0 bridgehead atoms. The number of carbonyl (C=O) groups is 1. The summed E-state index contributed by atoms with van der Waals surface area (Å²) in [5.74, 6) is -0.912. The van der Waals surface area contributed by atoms with Crippen LogP contribution in [0.4, 0.5) is 0 Å². The third-order valence-corrected chi connectivity index (χ3v) is 1.17. The van der Waals surface area contributed by atoms with Crippen molar-refractivity contribution in [1.82, 2.24) is 4.72 Å². The number of carboxylic acids is 1. The maximum Gasteiger partial charge on any atom is 0.321 e. The lowest BCUT2D eigenvalue weighted by Gasteiger charge is -2.04. The zero-order valence-corrected chi connectivity index (χ0v) is 5.77. The maximum atomic E-state index is 10.2. The summed E-state index contributed by atoms with van der Waals surface area (Å²) < 4.78 is 2.33. The number of nitrogens with one attached hydrogen (secondary N) is 1. The van der Waals surface area contributed by atoms with Gasteiger partial charge in [-0.05, 0) is 6.42 Å². The van der Waals surface area contributed by atoms with E-state index in [1.807, 2.05) is 0 Å². The number of thiol groups is 1. The largest absolute Gasteiger partial charge is 0.480 e. The van der Waals surface area contributed by atoms with E-state index in [-0.39, 0.29) is 0 Å². The summed E-state index contributed by atoms with van der Waals surface area (Å²) in [5, 5.41) is 8.35. The van der Waals surface area contributed by atoms with Gasteiger partial charge in [0.1, 0.15) is 6.04 Å². The minimum atomic E-state index is -0.912. The first kappa shape index (κ1) is 8.52. The highest BCUT2D eigenvalue weighted by Gasteiger charge is 2.11. The Labute approximate surface area is 59.3 Å². The van der Waals surface area contributed by atoms with E-state index in [0.717, 1.165) is 0 Å². The molecule has 1 unspecified atom stereocenters. The summed E-state index contributed by atoms with van der Waals surface area (Å²) in [6, 6.07) is -0.620. The third-order valence-electron chi connectivity index (χ3n) is 0.856. The van der Waals surface area contributed by atoms with Crippen LogP contribution in [0.25, 0.3) is 0 Å². The molecule has 0 saturated heterocycles. The quantitative estimate of drug-likeness (QED) is 0.399. The van der Waals surface area contributed by atoms with E-state index in [0.29, 0.717) is 6.42 Å². The van der Waals surface area contributed by atoms with Crippen LogP contribution in [-0.2, 0) is 4.79 Å². The van der Waals surface area contributed by atoms with Crippen molar-refractivity contribution in [1.29, 1.82) is 0 Å². The van der Waals surface area contributed by atoms with Gasteiger partial charge in [-0.1, -0.05) is 18.9 Å². The number of rotatable bonds is 4. The van der Waals surface area contributed by atoms with Crippen LogP contribution in [0.2, 0.25) is 0 Å². The Morgan fingerprint density at radius 1 is 2.00 bits per heavy atom. The molecule has 9 heavy (non-hydrogen) atoms. The van der Waals surface area contributed by atoms with Crippen molar-refractivity contribution in [3.05, 3.63) is 12.7 Å². The molecule has 4 heteroatoms. The Balaban J connectivity index is 3.67. The van der Waals surface area contributed by atoms with Gasteiger partial charge in [-0.3, -0.25) is 9.52 Å². The van der Waals surface area contributed by atoms with Crippen LogP contribution in [-0.4, -0.2) is 17.1 Å². The smallest absolute Gasteiger partial charge is 0.321 e. The molecule has 0 aliphatic carbocycles. The molecule has 0 radical (unpaired) electrons. The standard InChI is InChI=1S/C5H9NO2S/c1-2-3-4(6-9)5(7)8/h2,4,6,9H,1,3H2,(H,7,8). The van der Waals surface area contributed by atoms with Crippen LogP contribution in [0.5, 0.6) is 0 Å². The van der Waals surface area contributed by atoms with E-state index in [1.165, 1.54) is 6.08 Å². The molecule has 0 aromatic heterocycles. The third kappa shape index (κ3) is 3.16. The van der Waals surface area contributed by atoms with Crippen LogP contribution < -0.4 is 4.72 Å². The van der Waals surface area contributed by atoms with E-state index in [4.69, 9.17) is 5.11 Å². The summed E-state index contributed by atoms with van der Waals surface area (Å²) in [6.07, 6.45) is 1.92. The minimum Gasteiger partial charge on any atom is -0.480 e. The average molecular weight is 147 g/mol. The van der Waals surface area contributed by atoms with Crippen molar-refractivity contribution in [3.8, 4) is 0 Å². The molecule has 52 valence electrons. The molecule has 0 aliphatic rings. The molecular formula is C5H9NO2S. The van der Waals surface area contributed by atoms with Crippen molar-refractivity contribution in [2.24, 2.45) is 0 Å². The van der Waals surface area contributed by atoms with Crippen molar-refractivity contribution >= 4 is 18.8 Å². The van der Waals surface area contributed by atoms with E-state index in [9.17, 15) is 4.79 Å². The Hall–Kier alpha value is -0.480. The summed E-state index contributed by atoms with van der Waals surface area (Å²) in [4.78, 5) is 10.2. The predicted octanol–water partition coefficient (Wildman–Crippen LogP) is 0.450. The molecule has 0 rings (SSSR count). The van der Waals surface area contributed by atoms with Crippen LogP contribution in [0.1, 0.15) is 6.42 Å². The molecule has 2 N–H and O–H groups in total. The zero-order valence-electron chi connectivity index (χ0n) is 4.87. The average Bonchev–Trinajstić information content (AvgIpc) is 1.82. The van der Waals surface area contributed by atoms with E-state index in [2.05, 4.69) is 24.1 Å². The Morgan fingerprint density at radius 3 is 2.67 bits per heavy atom. The number of carboxylic acid groups (broad SMARTS) is 1. The normalized spacial score (nSPS) is 12.6. The summed E-state index contributed by atoms with van der Waals surface area (Å²) >= 11 is 3.61. The molecule has 0 spiro atoms. The lowest BCUT2D eigenvalue weighted by molar-refractivity contribution is -0.138. The van der Waals surface area contributed by atoms with Crippen LogP contribution in [0.15, 0.2) is 12.7 Å². The van der Waals surface area contributed by atoms with Crippen molar-refractivity contribution in [3.63, 3.8) is 0 Å². The second kappa shape index (κ2) is 4.40. The molecule has 0 aromatic rings. The van der Waals surface area contributed by atoms with Gasteiger partial charge in [-0.2, -0.15) is 0 Å². The summed E-state index contributed by atoms with van der Waals surface area (Å²) in [5.41, 5.74) is 0. The SMILES string of the molecule is C=CCC(NS)C(=O)O. The fourth-order valence-corrected chi connectivity index (χ4v) is 0.591. The highest BCUT2D eigenvalue weighted by molar-refractivity contribution is 7.78. The molecule has 1 atom stereocenters. The Kier molecular flexibility index (Phi) is 4.17. The van der Waals surface area contributed by atoms with Crippen molar-refractivity contribution in [2.45, 2.75) is 12.5 Å². The first-order chi connectivity index (χ1) is 4.22. The molecule has 0 fully saturated rings. The van der Waals surface area contributed by atoms with Gasteiger partial charge in [0.25, 0.3) is 0 Å². The van der Waals surface area contributed by atoms with E-state index >= 15 is 0 Å². The molecule has 0 heterocycles. The number of hydrogen-bond acceptors (Lipinski definition) is 3. The number of aliphatic carboxylic acids is 1. The summed E-state index contributed by atoms with van der Waals surface area (Å²) in [6.45, 7) is 3.39. The first-order valence-electron chi connectivity index (χ1n) is 2.45. The fraction of sp³-hybridized carbons (Fsp3) is 0.400.